The second kappa shape index (κ2) is 5.66. The van der Waals surface area contributed by atoms with Crippen molar-refractivity contribution >= 4 is 15.9 Å². The van der Waals surface area contributed by atoms with Gasteiger partial charge in [0, 0.05) is 0 Å². The van der Waals surface area contributed by atoms with Crippen molar-refractivity contribution in [2.75, 3.05) is 0 Å². The first kappa shape index (κ1) is 11.1. The summed E-state index contributed by atoms with van der Waals surface area (Å²) < 4.78 is 6.64. The highest BCUT2D eigenvalue weighted by Crippen LogP contribution is 2.13. The maximum absolute atomic E-state index is 5.56. The van der Waals surface area contributed by atoms with E-state index in [4.69, 9.17) is 4.74 Å². The highest BCUT2D eigenvalue weighted by atomic mass is 79.9. The second-order valence-electron chi connectivity index (χ2n) is 2.95. The van der Waals surface area contributed by atoms with Crippen LogP contribution in [0.1, 0.15) is 13.8 Å². The molecule has 0 heterocycles. The Balaban J connectivity index is 2.62. The molecule has 74 valence electrons. The van der Waals surface area contributed by atoms with E-state index in [2.05, 4.69) is 15.9 Å². The molecule has 1 nitrogen and oxygen atoms in total. The van der Waals surface area contributed by atoms with E-state index in [1.165, 1.54) is 0 Å². The van der Waals surface area contributed by atoms with Crippen LogP contribution >= 0.6 is 15.9 Å². The molecular formula is C12H13BrO. The molecule has 0 aliphatic rings. The molecule has 0 aliphatic heterocycles. The van der Waals surface area contributed by atoms with E-state index in [0.29, 0.717) is 0 Å². The molecule has 0 atom stereocenters. The third-order valence-electron chi connectivity index (χ3n) is 1.57. The molecule has 1 aromatic rings. The molecule has 0 saturated heterocycles. The highest BCUT2D eigenvalue weighted by molar-refractivity contribution is 9.11. The van der Waals surface area contributed by atoms with Gasteiger partial charge < -0.3 is 4.74 Å². The summed E-state index contributed by atoms with van der Waals surface area (Å²) in [4.78, 5) is 0. The number of hydrogen-bond acceptors (Lipinski definition) is 1. The van der Waals surface area contributed by atoms with Gasteiger partial charge in [0.25, 0.3) is 0 Å². The summed E-state index contributed by atoms with van der Waals surface area (Å²) in [7, 11) is 0. The number of ether oxygens (including phenoxy) is 1. The molecule has 0 bridgehead atoms. The quantitative estimate of drug-likeness (QED) is 0.577. The lowest BCUT2D eigenvalue weighted by atomic mass is 10.3. The van der Waals surface area contributed by atoms with Gasteiger partial charge in [0.2, 0.25) is 0 Å². The van der Waals surface area contributed by atoms with Crippen LogP contribution in [0, 0.1) is 0 Å². The molecule has 1 aromatic carbocycles. The number of halogens is 1. The summed E-state index contributed by atoms with van der Waals surface area (Å²) in [6, 6.07) is 9.74. The van der Waals surface area contributed by atoms with Gasteiger partial charge in [-0.2, -0.15) is 0 Å². The van der Waals surface area contributed by atoms with Crippen molar-refractivity contribution in [1.82, 2.24) is 0 Å². The molecular weight excluding hydrogens is 240 g/mol. The van der Waals surface area contributed by atoms with Crippen molar-refractivity contribution < 1.29 is 4.74 Å². The number of allylic oxidation sites excluding steroid dienone is 4. The Morgan fingerprint density at radius 3 is 2.36 bits per heavy atom. The van der Waals surface area contributed by atoms with Crippen molar-refractivity contribution in [3.05, 3.63) is 52.7 Å². The van der Waals surface area contributed by atoms with Gasteiger partial charge in [-0.3, -0.25) is 0 Å². The molecule has 0 radical (unpaired) electrons. The fourth-order valence-corrected chi connectivity index (χ4v) is 1.07. The van der Waals surface area contributed by atoms with Crippen LogP contribution in [-0.4, -0.2) is 0 Å². The van der Waals surface area contributed by atoms with Gasteiger partial charge >= 0.3 is 0 Å². The number of hydrogen-bond donors (Lipinski definition) is 0. The molecule has 0 aromatic heterocycles. The fourth-order valence-electron chi connectivity index (χ4n) is 0.941. The monoisotopic (exact) mass is 252 g/mol. The molecule has 0 aliphatic carbocycles. The average molecular weight is 253 g/mol. The molecule has 0 spiro atoms. The SMILES string of the molecule is C/C(Br)=C\C=C(/C)Oc1ccccc1. The van der Waals surface area contributed by atoms with Gasteiger partial charge in [-0.15, -0.1) is 0 Å². The van der Waals surface area contributed by atoms with Gasteiger partial charge in [-0.25, -0.2) is 0 Å². The largest absolute Gasteiger partial charge is 0.462 e. The summed E-state index contributed by atoms with van der Waals surface area (Å²) in [5.41, 5.74) is 0. The van der Waals surface area contributed by atoms with Crippen LogP contribution in [0.3, 0.4) is 0 Å². The average Bonchev–Trinajstić information content (AvgIpc) is 2.16. The normalized spacial score (nSPS) is 12.8. The molecule has 1 rings (SSSR count). The van der Waals surface area contributed by atoms with Crippen molar-refractivity contribution in [3.63, 3.8) is 0 Å². The molecule has 0 fully saturated rings. The van der Waals surface area contributed by atoms with Crippen molar-refractivity contribution in [1.29, 1.82) is 0 Å². The van der Waals surface area contributed by atoms with E-state index in [1.54, 1.807) is 0 Å². The molecule has 0 amide bonds. The molecule has 14 heavy (non-hydrogen) atoms. The Morgan fingerprint density at radius 1 is 1.14 bits per heavy atom. The van der Waals surface area contributed by atoms with E-state index in [0.717, 1.165) is 16.0 Å². The van der Waals surface area contributed by atoms with Crippen LogP contribution in [0.25, 0.3) is 0 Å². The number of benzene rings is 1. The van der Waals surface area contributed by atoms with E-state index in [-0.39, 0.29) is 0 Å². The van der Waals surface area contributed by atoms with E-state index in [1.807, 2.05) is 56.3 Å². The third kappa shape index (κ3) is 4.28. The smallest absolute Gasteiger partial charge is 0.126 e. The Labute approximate surface area is 93.2 Å². The third-order valence-corrected chi connectivity index (χ3v) is 1.83. The van der Waals surface area contributed by atoms with Gasteiger partial charge in [-0.05, 0) is 42.6 Å². The minimum Gasteiger partial charge on any atom is -0.462 e. The molecule has 2 heteroatoms. The van der Waals surface area contributed by atoms with Crippen LogP contribution in [0.4, 0.5) is 0 Å². The standard InChI is InChI=1S/C12H13BrO/c1-10(13)8-9-11(2)14-12-6-4-3-5-7-12/h3-9H,1-2H3/b10-8+,11-9+. The first-order valence-electron chi connectivity index (χ1n) is 4.42. The predicted octanol–water partition coefficient (Wildman–Crippen LogP) is 4.27. The molecule has 0 saturated carbocycles. The Morgan fingerprint density at radius 2 is 1.79 bits per heavy atom. The zero-order valence-electron chi connectivity index (χ0n) is 8.33. The highest BCUT2D eigenvalue weighted by Gasteiger charge is 1.91. The summed E-state index contributed by atoms with van der Waals surface area (Å²) in [6.07, 6.45) is 3.88. The van der Waals surface area contributed by atoms with Gasteiger partial charge in [-0.1, -0.05) is 34.1 Å². The topological polar surface area (TPSA) is 9.23 Å². The lowest BCUT2D eigenvalue weighted by Crippen LogP contribution is -1.89. The van der Waals surface area contributed by atoms with Crippen molar-refractivity contribution in [2.45, 2.75) is 13.8 Å². The molecule has 0 unspecified atom stereocenters. The Bertz CT molecular complexity index is 335. The number of rotatable bonds is 3. The Hall–Kier alpha value is -1.02. The van der Waals surface area contributed by atoms with Crippen LogP contribution in [0.15, 0.2) is 52.7 Å². The lowest BCUT2D eigenvalue weighted by Gasteiger charge is -2.03. The van der Waals surface area contributed by atoms with Crippen LogP contribution in [0.2, 0.25) is 0 Å². The van der Waals surface area contributed by atoms with E-state index >= 15 is 0 Å². The summed E-state index contributed by atoms with van der Waals surface area (Å²) in [5, 5.41) is 0. The first-order valence-corrected chi connectivity index (χ1v) is 5.21. The first-order chi connectivity index (χ1) is 6.68. The lowest BCUT2D eigenvalue weighted by molar-refractivity contribution is 0.428. The van der Waals surface area contributed by atoms with Crippen LogP contribution in [0.5, 0.6) is 5.75 Å². The Kier molecular flexibility index (Phi) is 4.47. The van der Waals surface area contributed by atoms with Gasteiger partial charge in [0.05, 0.1) is 0 Å². The minimum absolute atomic E-state index is 0.863. The summed E-state index contributed by atoms with van der Waals surface area (Å²) in [5.74, 6) is 1.73. The minimum atomic E-state index is 0.863. The van der Waals surface area contributed by atoms with Crippen molar-refractivity contribution in [2.24, 2.45) is 0 Å². The van der Waals surface area contributed by atoms with E-state index in [9.17, 15) is 0 Å². The zero-order chi connectivity index (χ0) is 10.4. The van der Waals surface area contributed by atoms with Gasteiger partial charge in [0.15, 0.2) is 0 Å². The maximum Gasteiger partial charge on any atom is 0.126 e. The zero-order valence-corrected chi connectivity index (χ0v) is 9.91. The summed E-state index contributed by atoms with van der Waals surface area (Å²) >= 11 is 3.35. The van der Waals surface area contributed by atoms with Crippen LogP contribution < -0.4 is 4.74 Å². The van der Waals surface area contributed by atoms with E-state index < -0.39 is 0 Å². The maximum atomic E-state index is 5.56. The number of para-hydroxylation sites is 1. The second-order valence-corrected chi connectivity index (χ2v) is 4.20. The molecule has 0 N–H and O–H groups in total. The van der Waals surface area contributed by atoms with Crippen LogP contribution in [-0.2, 0) is 0 Å². The predicted molar refractivity (Wildman–Crippen MR) is 63.5 cm³/mol. The van der Waals surface area contributed by atoms with Crippen molar-refractivity contribution in [3.8, 4) is 5.75 Å². The fraction of sp³-hybridized carbons (Fsp3) is 0.167. The van der Waals surface area contributed by atoms with Gasteiger partial charge in [0.1, 0.15) is 11.5 Å². The summed E-state index contributed by atoms with van der Waals surface area (Å²) in [6.45, 7) is 3.91.